The van der Waals surface area contributed by atoms with E-state index in [4.69, 9.17) is 21.5 Å². The lowest BCUT2D eigenvalue weighted by Crippen LogP contribution is -2.05. The Morgan fingerprint density at radius 1 is 0.659 bits per heavy atom. The number of benzene rings is 5. The van der Waals surface area contributed by atoms with Gasteiger partial charge in [0.05, 0.1) is 34.9 Å². The van der Waals surface area contributed by atoms with Gasteiger partial charge in [0.1, 0.15) is 11.2 Å². The van der Waals surface area contributed by atoms with Crippen LogP contribution in [0.25, 0.3) is 82.3 Å². The summed E-state index contributed by atoms with van der Waals surface area (Å²) in [6, 6.07) is 40.2. The van der Waals surface area contributed by atoms with E-state index < -0.39 is 0 Å². The molecule has 0 aliphatic heterocycles. The van der Waals surface area contributed by atoms with Crippen molar-refractivity contribution in [3.05, 3.63) is 132 Å². The summed E-state index contributed by atoms with van der Waals surface area (Å²) in [6.45, 7) is 7.63. The van der Waals surface area contributed by atoms with E-state index in [9.17, 15) is 5.26 Å². The molecule has 44 heavy (non-hydrogen) atoms. The lowest BCUT2D eigenvalue weighted by molar-refractivity contribution is 0.993. The number of pyridine rings is 1. The fourth-order valence-corrected chi connectivity index (χ4v) is 6.46. The van der Waals surface area contributed by atoms with Gasteiger partial charge in [-0.05, 0) is 47.3 Å². The Labute approximate surface area is 250 Å². The van der Waals surface area contributed by atoms with Gasteiger partial charge < -0.3 is 0 Å². The van der Waals surface area contributed by atoms with E-state index in [1.807, 2.05) is 42.5 Å². The number of nitrogens with zero attached hydrogens (tertiary/aromatic N) is 7. The first-order valence-electron chi connectivity index (χ1n) is 14.1. The molecular formula is C37H19N7. The molecule has 0 unspecified atom stereocenters. The molecule has 9 aromatic rings. The van der Waals surface area contributed by atoms with E-state index in [2.05, 4.69) is 74.5 Å². The van der Waals surface area contributed by atoms with Gasteiger partial charge >= 0.3 is 0 Å². The largest absolute Gasteiger partial charge is 0.277 e. The lowest BCUT2D eigenvalue weighted by atomic mass is 10.0. The Hall–Kier alpha value is -6.57. The van der Waals surface area contributed by atoms with E-state index in [0.717, 1.165) is 60.3 Å². The summed E-state index contributed by atoms with van der Waals surface area (Å²) in [5, 5.41) is 14.9. The molecule has 0 spiro atoms. The van der Waals surface area contributed by atoms with Crippen LogP contribution < -0.4 is 0 Å². The Bertz CT molecular complexity index is 2720. The standard InChI is InChI=1S/C37H19N7/c1-39-24-19-22(21-38)18-23(20-24)33-28-13-4-7-15-30(28)40-37(42-33)44-32-17-9-6-14-29(32)34-36(44)43-31-16-8-5-11-26(31)25-10-2-3-12-27(25)35(43)41-34/h2-20H. The number of imidazole rings is 1. The fourth-order valence-electron chi connectivity index (χ4n) is 6.46. The van der Waals surface area contributed by atoms with Crippen LogP contribution in [0.5, 0.6) is 0 Å². The first-order valence-corrected chi connectivity index (χ1v) is 14.1. The van der Waals surface area contributed by atoms with Crippen LogP contribution in [0, 0.1) is 17.9 Å². The minimum absolute atomic E-state index is 0.386. The molecular weight excluding hydrogens is 542 g/mol. The lowest BCUT2D eigenvalue weighted by Gasteiger charge is -2.13. The molecule has 0 aliphatic rings. The zero-order valence-electron chi connectivity index (χ0n) is 23.1. The normalized spacial score (nSPS) is 11.6. The third kappa shape index (κ3) is 3.26. The minimum atomic E-state index is 0.386. The predicted octanol–water partition coefficient (Wildman–Crippen LogP) is 8.77. The zero-order valence-corrected chi connectivity index (χ0v) is 23.1. The topological polar surface area (TPSA) is 76.2 Å². The molecule has 0 saturated heterocycles. The second kappa shape index (κ2) is 8.96. The van der Waals surface area contributed by atoms with Gasteiger partial charge in [-0.15, -0.1) is 0 Å². The first-order chi connectivity index (χ1) is 21.7. The summed E-state index contributed by atoms with van der Waals surface area (Å²) in [5.41, 5.74) is 7.48. The van der Waals surface area contributed by atoms with Gasteiger partial charge in [0.25, 0.3) is 0 Å². The minimum Gasteiger partial charge on any atom is -0.277 e. The molecule has 7 nitrogen and oxygen atoms in total. The molecule has 0 atom stereocenters. The second-order valence-electron chi connectivity index (χ2n) is 10.7. The molecule has 202 valence electrons. The molecule has 4 aromatic heterocycles. The highest BCUT2D eigenvalue weighted by atomic mass is 15.2. The zero-order chi connectivity index (χ0) is 29.4. The Balaban J connectivity index is 1.48. The highest BCUT2D eigenvalue weighted by Crippen LogP contribution is 2.38. The maximum absolute atomic E-state index is 9.72. The average Bonchev–Trinajstić information content (AvgIpc) is 3.63. The summed E-state index contributed by atoms with van der Waals surface area (Å²) in [7, 11) is 0. The van der Waals surface area contributed by atoms with Crippen molar-refractivity contribution < 1.29 is 0 Å². The summed E-state index contributed by atoms with van der Waals surface area (Å²) in [4.78, 5) is 19.2. The maximum Gasteiger partial charge on any atom is 0.237 e. The van der Waals surface area contributed by atoms with Crippen molar-refractivity contribution in [3.63, 3.8) is 0 Å². The van der Waals surface area contributed by atoms with Gasteiger partial charge in [-0.3, -0.25) is 8.97 Å². The van der Waals surface area contributed by atoms with E-state index in [-0.39, 0.29) is 0 Å². The Morgan fingerprint density at radius 2 is 1.34 bits per heavy atom. The average molecular weight is 562 g/mol. The highest BCUT2D eigenvalue weighted by molar-refractivity contribution is 6.16. The maximum atomic E-state index is 9.72. The molecule has 0 saturated carbocycles. The third-order valence-electron chi connectivity index (χ3n) is 8.31. The second-order valence-corrected chi connectivity index (χ2v) is 10.7. The van der Waals surface area contributed by atoms with Crippen LogP contribution in [0.1, 0.15) is 5.56 Å². The monoisotopic (exact) mass is 561 g/mol. The van der Waals surface area contributed by atoms with Crippen LogP contribution in [-0.4, -0.2) is 23.9 Å². The van der Waals surface area contributed by atoms with Crippen molar-refractivity contribution in [2.45, 2.75) is 0 Å². The van der Waals surface area contributed by atoms with Crippen molar-refractivity contribution in [2.75, 3.05) is 0 Å². The molecule has 4 heterocycles. The van der Waals surface area contributed by atoms with Gasteiger partial charge in [-0.1, -0.05) is 78.9 Å². The van der Waals surface area contributed by atoms with Crippen molar-refractivity contribution in [3.8, 4) is 23.3 Å². The molecule has 0 radical (unpaired) electrons. The summed E-state index contributed by atoms with van der Waals surface area (Å²) in [5.74, 6) is 0.482. The number of nitriles is 1. The molecule has 9 rings (SSSR count). The molecule has 0 N–H and O–H groups in total. The Kier molecular flexibility index (Phi) is 4.90. The summed E-state index contributed by atoms with van der Waals surface area (Å²) < 4.78 is 4.31. The fraction of sp³-hybridized carbons (Fsp3) is 0. The van der Waals surface area contributed by atoms with Crippen LogP contribution in [0.4, 0.5) is 5.69 Å². The number of hydrogen-bond acceptors (Lipinski definition) is 4. The van der Waals surface area contributed by atoms with Gasteiger partial charge in [-0.2, -0.15) is 5.26 Å². The van der Waals surface area contributed by atoms with E-state index >= 15 is 0 Å². The number of hydrogen-bond donors (Lipinski definition) is 0. The van der Waals surface area contributed by atoms with Gasteiger partial charge in [0.15, 0.2) is 11.3 Å². The van der Waals surface area contributed by atoms with Crippen molar-refractivity contribution >= 4 is 66.0 Å². The third-order valence-corrected chi connectivity index (χ3v) is 8.31. The molecule has 0 fully saturated rings. The van der Waals surface area contributed by atoms with E-state index in [1.165, 1.54) is 0 Å². The van der Waals surface area contributed by atoms with Crippen LogP contribution in [0.15, 0.2) is 115 Å². The first kappa shape index (κ1) is 24.1. The molecule has 7 heteroatoms. The van der Waals surface area contributed by atoms with Crippen molar-refractivity contribution in [1.29, 1.82) is 5.26 Å². The number of aromatic nitrogens is 5. The highest BCUT2D eigenvalue weighted by Gasteiger charge is 2.23. The predicted molar refractivity (Wildman–Crippen MR) is 174 cm³/mol. The van der Waals surface area contributed by atoms with Crippen LogP contribution in [-0.2, 0) is 0 Å². The summed E-state index contributed by atoms with van der Waals surface area (Å²) >= 11 is 0. The van der Waals surface area contributed by atoms with E-state index in [0.29, 0.717) is 28.5 Å². The number of rotatable bonds is 2. The quantitative estimate of drug-likeness (QED) is 0.156. The van der Waals surface area contributed by atoms with Crippen LogP contribution in [0.2, 0.25) is 0 Å². The van der Waals surface area contributed by atoms with Crippen LogP contribution >= 0.6 is 0 Å². The van der Waals surface area contributed by atoms with E-state index in [1.54, 1.807) is 18.2 Å². The van der Waals surface area contributed by atoms with Gasteiger partial charge in [0, 0.05) is 27.1 Å². The Morgan fingerprint density at radius 3 is 2.14 bits per heavy atom. The number of para-hydroxylation sites is 3. The van der Waals surface area contributed by atoms with Gasteiger partial charge in [0.2, 0.25) is 5.95 Å². The molecule has 5 aromatic carbocycles. The van der Waals surface area contributed by atoms with Crippen molar-refractivity contribution in [2.24, 2.45) is 0 Å². The molecule has 0 aliphatic carbocycles. The smallest absolute Gasteiger partial charge is 0.237 e. The van der Waals surface area contributed by atoms with Crippen molar-refractivity contribution in [1.82, 2.24) is 23.9 Å². The molecule has 0 bridgehead atoms. The molecule has 0 amide bonds. The van der Waals surface area contributed by atoms with Crippen LogP contribution in [0.3, 0.4) is 0 Å². The SMILES string of the molecule is [C-]#[N+]c1cc(C#N)cc(-c2nc(-n3c4ccccc4c4nc5c6ccccc6c6ccccc6n5c43)nc3ccccc23)c1. The van der Waals surface area contributed by atoms with Gasteiger partial charge in [-0.25, -0.2) is 19.8 Å². The number of fused-ring (bicyclic) bond motifs is 11. The summed E-state index contributed by atoms with van der Waals surface area (Å²) in [6.07, 6.45) is 0.